The monoisotopic (exact) mass is 335 g/mol. The van der Waals surface area contributed by atoms with Crippen molar-refractivity contribution in [2.45, 2.75) is 19.8 Å². The van der Waals surface area contributed by atoms with Crippen LogP contribution in [0.5, 0.6) is 0 Å². The van der Waals surface area contributed by atoms with Crippen molar-refractivity contribution in [2.75, 3.05) is 6.54 Å². The number of hydrogen-bond donors (Lipinski definition) is 1. The third-order valence-electron chi connectivity index (χ3n) is 4.19. The van der Waals surface area contributed by atoms with E-state index in [0.29, 0.717) is 17.5 Å². The van der Waals surface area contributed by atoms with Gasteiger partial charge in [0, 0.05) is 30.1 Å². The van der Waals surface area contributed by atoms with Gasteiger partial charge in [-0.15, -0.1) is 0 Å². The number of aromatic nitrogens is 2. The van der Waals surface area contributed by atoms with Crippen LogP contribution in [-0.4, -0.2) is 22.2 Å². The fourth-order valence-corrected chi connectivity index (χ4v) is 2.77. The number of amides is 1. The molecule has 1 heterocycles. The zero-order valence-corrected chi connectivity index (χ0v) is 14.5. The minimum absolute atomic E-state index is 0.0710. The second kappa shape index (κ2) is 7.30. The zero-order valence-electron chi connectivity index (χ0n) is 14.5. The molecule has 25 heavy (non-hydrogen) atoms. The summed E-state index contributed by atoms with van der Waals surface area (Å²) in [4.78, 5) is 24.3. The van der Waals surface area contributed by atoms with Crippen LogP contribution in [0.4, 0.5) is 0 Å². The molecule has 0 bridgehead atoms. The Labute approximate surface area is 146 Å². The van der Waals surface area contributed by atoms with Gasteiger partial charge in [0.1, 0.15) is 0 Å². The molecule has 2 aromatic carbocycles. The first kappa shape index (κ1) is 16.9. The van der Waals surface area contributed by atoms with Gasteiger partial charge in [-0.25, -0.2) is 4.68 Å². The summed E-state index contributed by atoms with van der Waals surface area (Å²) in [5.41, 5.74) is 2.10. The van der Waals surface area contributed by atoms with E-state index in [0.717, 1.165) is 29.5 Å². The van der Waals surface area contributed by atoms with Gasteiger partial charge >= 0.3 is 0 Å². The summed E-state index contributed by atoms with van der Waals surface area (Å²) in [6, 6.07) is 14.8. The van der Waals surface area contributed by atoms with E-state index < -0.39 is 0 Å². The van der Waals surface area contributed by atoms with Gasteiger partial charge in [0.05, 0.1) is 11.1 Å². The first-order valence-corrected chi connectivity index (χ1v) is 8.46. The van der Waals surface area contributed by atoms with E-state index in [-0.39, 0.29) is 11.5 Å². The molecule has 3 aromatic rings. The van der Waals surface area contributed by atoms with Crippen molar-refractivity contribution in [2.24, 2.45) is 7.05 Å². The van der Waals surface area contributed by atoms with Gasteiger partial charge in [0.25, 0.3) is 11.5 Å². The van der Waals surface area contributed by atoms with Crippen molar-refractivity contribution in [1.29, 1.82) is 0 Å². The molecule has 0 atom stereocenters. The van der Waals surface area contributed by atoms with Crippen molar-refractivity contribution < 1.29 is 4.79 Å². The standard InChI is InChI=1S/C20H21N3O2/c1-3-4-13-21-19(24)15-11-9-14(10-12-15)18-16-7-5-6-8-17(16)20(25)23(2)22-18/h5-12H,3-4,13H2,1-2H3,(H,21,24). The Hall–Kier alpha value is -2.95. The second-order valence-electron chi connectivity index (χ2n) is 6.01. The molecule has 5 nitrogen and oxygen atoms in total. The van der Waals surface area contributed by atoms with Gasteiger partial charge in [-0.1, -0.05) is 43.7 Å². The summed E-state index contributed by atoms with van der Waals surface area (Å²) in [5.74, 6) is -0.0710. The lowest BCUT2D eigenvalue weighted by Gasteiger charge is -2.09. The van der Waals surface area contributed by atoms with Crippen LogP contribution in [0.1, 0.15) is 30.1 Å². The third-order valence-corrected chi connectivity index (χ3v) is 4.19. The molecule has 0 saturated carbocycles. The Morgan fingerprint density at radius 2 is 1.76 bits per heavy atom. The number of hydrogen-bond acceptors (Lipinski definition) is 3. The molecule has 3 rings (SSSR count). The summed E-state index contributed by atoms with van der Waals surface area (Å²) >= 11 is 0. The smallest absolute Gasteiger partial charge is 0.274 e. The molecule has 5 heteroatoms. The predicted octanol–water partition coefficient (Wildman–Crippen LogP) is 3.13. The maximum Gasteiger partial charge on any atom is 0.274 e. The van der Waals surface area contributed by atoms with Gasteiger partial charge in [0.2, 0.25) is 0 Å². The molecule has 1 aromatic heterocycles. The highest BCUT2D eigenvalue weighted by atomic mass is 16.1. The Kier molecular flexibility index (Phi) is 4.93. The molecule has 1 N–H and O–H groups in total. The minimum atomic E-state index is -0.119. The predicted molar refractivity (Wildman–Crippen MR) is 99.7 cm³/mol. The highest BCUT2D eigenvalue weighted by Gasteiger charge is 2.11. The normalized spacial score (nSPS) is 10.8. The number of unbranched alkanes of at least 4 members (excludes halogenated alkanes) is 1. The van der Waals surface area contributed by atoms with Crippen LogP contribution >= 0.6 is 0 Å². The molecule has 0 saturated heterocycles. The van der Waals surface area contributed by atoms with E-state index in [1.807, 2.05) is 30.3 Å². The third kappa shape index (κ3) is 3.45. The molecule has 0 spiro atoms. The van der Waals surface area contributed by atoms with E-state index in [4.69, 9.17) is 0 Å². The molecular weight excluding hydrogens is 314 g/mol. The van der Waals surface area contributed by atoms with Crippen molar-refractivity contribution in [3.8, 4) is 11.3 Å². The van der Waals surface area contributed by atoms with Crippen LogP contribution in [0.15, 0.2) is 53.3 Å². The number of benzene rings is 2. The number of carbonyl (C=O) groups excluding carboxylic acids is 1. The number of nitrogens with zero attached hydrogens (tertiary/aromatic N) is 2. The summed E-state index contributed by atoms with van der Waals surface area (Å²) in [5, 5.41) is 8.76. The number of carbonyl (C=O) groups is 1. The first-order valence-electron chi connectivity index (χ1n) is 8.46. The Balaban J connectivity index is 1.96. The highest BCUT2D eigenvalue weighted by Crippen LogP contribution is 2.24. The number of fused-ring (bicyclic) bond motifs is 1. The summed E-state index contributed by atoms with van der Waals surface area (Å²) in [6.07, 6.45) is 2.02. The maximum absolute atomic E-state index is 12.2. The average molecular weight is 335 g/mol. The zero-order chi connectivity index (χ0) is 17.8. The lowest BCUT2D eigenvalue weighted by molar-refractivity contribution is 0.0953. The van der Waals surface area contributed by atoms with Crippen LogP contribution < -0.4 is 10.9 Å². The van der Waals surface area contributed by atoms with Crippen molar-refractivity contribution in [3.05, 3.63) is 64.4 Å². The molecule has 0 unspecified atom stereocenters. The summed E-state index contributed by atoms with van der Waals surface area (Å²) in [7, 11) is 1.65. The molecule has 0 aliphatic carbocycles. The molecule has 0 radical (unpaired) electrons. The van der Waals surface area contributed by atoms with Crippen LogP contribution in [0.25, 0.3) is 22.0 Å². The van der Waals surface area contributed by atoms with Gasteiger partial charge < -0.3 is 5.32 Å². The molecule has 0 aliphatic rings. The lowest BCUT2D eigenvalue weighted by atomic mass is 10.0. The van der Waals surface area contributed by atoms with Gasteiger partial charge in [-0.2, -0.15) is 5.10 Å². The molecule has 0 fully saturated rings. The van der Waals surface area contributed by atoms with Crippen LogP contribution in [0.2, 0.25) is 0 Å². The summed E-state index contributed by atoms with van der Waals surface area (Å²) in [6.45, 7) is 2.77. The lowest BCUT2D eigenvalue weighted by Crippen LogP contribution is -2.24. The average Bonchev–Trinajstić information content (AvgIpc) is 2.65. The summed E-state index contributed by atoms with van der Waals surface area (Å²) < 4.78 is 1.35. The largest absolute Gasteiger partial charge is 0.352 e. The molecule has 1 amide bonds. The Morgan fingerprint density at radius 3 is 2.44 bits per heavy atom. The van der Waals surface area contributed by atoms with Crippen molar-refractivity contribution in [3.63, 3.8) is 0 Å². The maximum atomic E-state index is 12.2. The van der Waals surface area contributed by atoms with Crippen LogP contribution in [0, 0.1) is 0 Å². The topological polar surface area (TPSA) is 64.0 Å². The Morgan fingerprint density at radius 1 is 1.08 bits per heavy atom. The van der Waals surface area contributed by atoms with Crippen LogP contribution in [-0.2, 0) is 7.05 Å². The van der Waals surface area contributed by atoms with E-state index in [1.165, 1.54) is 4.68 Å². The van der Waals surface area contributed by atoms with E-state index in [2.05, 4.69) is 17.3 Å². The molecular formula is C20H21N3O2. The number of nitrogens with one attached hydrogen (secondary N) is 1. The van der Waals surface area contributed by atoms with Gasteiger partial charge in [0.15, 0.2) is 0 Å². The van der Waals surface area contributed by atoms with Crippen molar-refractivity contribution >= 4 is 16.7 Å². The first-order chi connectivity index (χ1) is 12.1. The fourth-order valence-electron chi connectivity index (χ4n) is 2.77. The van der Waals surface area contributed by atoms with Crippen LogP contribution in [0.3, 0.4) is 0 Å². The Bertz CT molecular complexity index is 959. The molecule has 128 valence electrons. The number of rotatable bonds is 5. The van der Waals surface area contributed by atoms with Gasteiger partial charge in [-0.05, 0) is 24.6 Å². The SMILES string of the molecule is CCCCNC(=O)c1ccc(-c2nn(C)c(=O)c3ccccc23)cc1. The minimum Gasteiger partial charge on any atom is -0.352 e. The van der Waals surface area contributed by atoms with Crippen molar-refractivity contribution in [1.82, 2.24) is 15.1 Å². The molecule has 0 aliphatic heterocycles. The number of aryl methyl sites for hydroxylation is 1. The van der Waals surface area contributed by atoms with E-state index in [9.17, 15) is 9.59 Å². The van der Waals surface area contributed by atoms with E-state index >= 15 is 0 Å². The van der Waals surface area contributed by atoms with Gasteiger partial charge in [-0.3, -0.25) is 9.59 Å². The second-order valence-corrected chi connectivity index (χ2v) is 6.01. The fraction of sp³-hybridized carbons (Fsp3) is 0.250. The quantitative estimate of drug-likeness (QED) is 0.729. The highest BCUT2D eigenvalue weighted by molar-refractivity contribution is 5.96. The van der Waals surface area contributed by atoms with E-state index in [1.54, 1.807) is 25.2 Å².